The molecule has 1 unspecified atom stereocenters. The summed E-state index contributed by atoms with van der Waals surface area (Å²) in [5.41, 5.74) is 9.58. The van der Waals surface area contributed by atoms with E-state index in [9.17, 15) is 0 Å². The van der Waals surface area contributed by atoms with E-state index < -0.39 is 0 Å². The quantitative estimate of drug-likeness (QED) is 0.734. The number of aromatic amines is 1. The van der Waals surface area contributed by atoms with Gasteiger partial charge in [-0.1, -0.05) is 24.3 Å². The number of hydrogen-bond acceptors (Lipinski definition) is 1. The molecule has 1 heterocycles. The van der Waals surface area contributed by atoms with Crippen LogP contribution in [0, 0.1) is 6.92 Å². The summed E-state index contributed by atoms with van der Waals surface area (Å²) >= 11 is 0. The highest BCUT2D eigenvalue weighted by molar-refractivity contribution is 5.84. The first kappa shape index (κ1) is 9.99. The fourth-order valence-corrected chi connectivity index (χ4v) is 1.92. The molecule has 0 aliphatic rings. The molecule has 15 heavy (non-hydrogen) atoms. The minimum absolute atomic E-state index is 0.0305. The van der Waals surface area contributed by atoms with Crippen molar-refractivity contribution in [3.05, 3.63) is 48.2 Å². The van der Waals surface area contributed by atoms with E-state index in [2.05, 4.69) is 36.7 Å². The molecule has 0 aliphatic carbocycles. The zero-order chi connectivity index (χ0) is 10.8. The fraction of sp³-hybridized carbons (Fsp3) is 0.231. The molecule has 2 aromatic rings. The van der Waals surface area contributed by atoms with Crippen LogP contribution in [0.15, 0.2) is 36.9 Å². The second-order valence-electron chi connectivity index (χ2n) is 3.88. The number of para-hydroxylation sites is 1. The Labute approximate surface area is 89.8 Å². The Morgan fingerprint density at radius 3 is 2.93 bits per heavy atom. The summed E-state index contributed by atoms with van der Waals surface area (Å²) in [5.74, 6) is 0. The predicted octanol–water partition coefficient (Wildman–Crippen LogP) is 2.53. The van der Waals surface area contributed by atoms with E-state index in [1.54, 1.807) is 6.08 Å². The number of benzene rings is 1. The van der Waals surface area contributed by atoms with Crippen LogP contribution in [0.2, 0.25) is 0 Å². The Kier molecular flexibility index (Phi) is 2.60. The standard InChI is InChI=1S/C13H16N2/c1-3-10(14)8-12-9(2)15-13-7-5-4-6-11(12)13/h3-7,10,15H,1,8,14H2,2H3. The topological polar surface area (TPSA) is 41.8 Å². The predicted molar refractivity (Wildman–Crippen MR) is 64.9 cm³/mol. The molecule has 1 atom stereocenters. The maximum atomic E-state index is 5.89. The number of aryl methyl sites for hydroxylation is 1. The van der Waals surface area contributed by atoms with Crippen LogP contribution in [0.1, 0.15) is 11.3 Å². The lowest BCUT2D eigenvalue weighted by molar-refractivity contribution is 0.811. The average molecular weight is 200 g/mol. The van der Waals surface area contributed by atoms with Gasteiger partial charge < -0.3 is 10.7 Å². The highest BCUT2D eigenvalue weighted by atomic mass is 14.7. The molecule has 0 bridgehead atoms. The number of hydrogen-bond donors (Lipinski definition) is 2. The molecule has 0 fully saturated rings. The van der Waals surface area contributed by atoms with Crippen LogP contribution < -0.4 is 5.73 Å². The van der Waals surface area contributed by atoms with Crippen molar-refractivity contribution in [3.63, 3.8) is 0 Å². The molecular formula is C13H16N2. The third-order valence-electron chi connectivity index (χ3n) is 2.77. The Hall–Kier alpha value is -1.54. The van der Waals surface area contributed by atoms with Gasteiger partial charge in [0, 0.05) is 22.6 Å². The SMILES string of the molecule is C=CC(N)Cc1c(C)[nH]c2ccccc12. The number of fused-ring (bicyclic) bond motifs is 1. The molecule has 0 spiro atoms. The number of nitrogens with one attached hydrogen (secondary N) is 1. The Morgan fingerprint density at radius 2 is 2.20 bits per heavy atom. The van der Waals surface area contributed by atoms with E-state index in [1.807, 2.05) is 6.07 Å². The molecule has 0 saturated carbocycles. The summed E-state index contributed by atoms with van der Waals surface area (Å²) in [6.07, 6.45) is 2.64. The Bertz CT molecular complexity index is 482. The van der Waals surface area contributed by atoms with E-state index >= 15 is 0 Å². The molecule has 2 rings (SSSR count). The largest absolute Gasteiger partial charge is 0.358 e. The number of aromatic nitrogens is 1. The first-order valence-corrected chi connectivity index (χ1v) is 5.16. The van der Waals surface area contributed by atoms with Crippen LogP contribution in [0.25, 0.3) is 10.9 Å². The summed E-state index contributed by atoms with van der Waals surface area (Å²) in [4.78, 5) is 3.37. The van der Waals surface area contributed by atoms with Gasteiger partial charge >= 0.3 is 0 Å². The van der Waals surface area contributed by atoms with Crippen LogP contribution >= 0.6 is 0 Å². The van der Waals surface area contributed by atoms with E-state index in [-0.39, 0.29) is 6.04 Å². The molecular weight excluding hydrogens is 184 g/mol. The molecule has 78 valence electrons. The third-order valence-corrected chi connectivity index (χ3v) is 2.77. The van der Waals surface area contributed by atoms with Gasteiger partial charge in [-0.25, -0.2) is 0 Å². The third kappa shape index (κ3) is 1.81. The molecule has 3 N–H and O–H groups in total. The van der Waals surface area contributed by atoms with Crippen LogP contribution in [-0.2, 0) is 6.42 Å². The van der Waals surface area contributed by atoms with Crippen LogP contribution in [0.5, 0.6) is 0 Å². The molecule has 2 nitrogen and oxygen atoms in total. The number of H-pyrrole nitrogens is 1. The van der Waals surface area contributed by atoms with Crippen molar-refractivity contribution in [2.24, 2.45) is 5.73 Å². The molecule has 1 aromatic carbocycles. The normalized spacial score (nSPS) is 12.9. The van der Waals surface area contributed by atoms with E-state index in [0.29, 0.717) is 0 Å². The van der Waals surface area contributed by atoms with Crippen molar-refractivity contribution in [1.82, 2.24) is 4.98 Å². The molecule has 0 saturated heterocycles. The lowest BCUT2D eigenvalue weighted by atomic mass is 10.0. The molecule has 0 aliphatic heterocycles. The summed E-state index contributed by atoms with van der Waals surface area (Å²) in [6, 6.07) is 8.34. The van der Waals surface area contributed by atoms with Crippen LogP contribution in [0.4, 0.5) is 0 Å². The zero-order valence-corrected chi connectivity index (χ0v) is 8.96. The molecule has 2 heteroatoms. The molecule has 1 aromatic heterocycles. The van der Waals surface area contributed by atoms with Gasteiger partial charge in [-0.3, -0.25) is 0 Å². The van der Waals surface area contributed by atoms with Gasteiger partial charge in [0.2, 0.25) is 0 Å². The van der Waals surface area contributed by atoms with E-state index in [0.717, 1.165) is 6.42 Å². The highest BCUT2D eigenvalue weighted by Crippen LogP contribution is 2.22. The van der Waals surface area contributed by atoms with Crippen molar-refractivity contribution in [1.29, 1.82) is 0 Å². The van der Waals surface area contributed by atoms with Gasteiger partial charge in [0.1, 0.15) is 0 Å². The maximum Gasteiger partial charge on any atom is 0.0458 e. The van der Waals surface area contributed by atoms with Crippen molar-refractivity contribution in [2.75, 3.05) is 0 Å². The monoisotopic (exact) mass is 200 g/mol. The Balaban J connectivity index is 2.49. The van der Waals surface area contributed by atoms with Crippen LogP contribution in [0.3, 0.4) is 0 Å². The van der Waals surface area contributed by atoms with Gasteiger partial charge in [0.25, 0.3) is 0 Å². The lowest BCUT2D eigenvalue weighted by Gasteiger charge is -2.05. The second-order valence-corrected chi connectivity index (χ2v) is 3.88. The summed E-state index contributed by atoms with van der Waals surface area (Å²) in [6.45, 7) is 5.80. The Morgan fingerprint density at radius 1 is 1.47 bits per heavy atom. The van der Waals surface area contributed by atoms with Crippen molar-refractivity contribution in [2.45, 2.75) is 19.4 Å². The van der Waals surface area contributed by atoms with Gasteiger partial charge in [-0.15, -0.1) is 6.58 Å². The summed E-state index contributed by atoms with van der Waals surface area (Å²) in [5, 5.41) is 1.27. The number of nitrogens with two attached hydrogens (primary N) is 1. The van der Waals surface area contributed by atoms with Crippen molar-refractivity contribution < 1.29 is 0 Å². The number of rotatable bonds is 3. The van der Waals surface area contributed by atoms with Gasteiger partial charge in [0.15, 0.2) is 0 Å². The molecule has 0 amide bonds. The van der Waals surface area contributed by atoms with Crippen LogP contribution in [-0.4, -0.2) is 11.0 Å². The second kappa shape index (κ2) is 3.91. The van der Waals surface area contributed by atoms with Gasteiger partial charge in [0.05, 0.1) is 0 Å². The summed E-state index contributed by atoms with van der Waals surface area (Å²) < 4.78 is 0. The van der Waals surface area contributed by atoms with E-state index in [4.69, 9.17) is 5.73 Å². The summed E-state index contributed by atoms with van der Waals surface area (Å²) in [7, 11) is 0. The first-order valence-electron chi connectivity index (χ1n) is 5.16. The van der Waals surface area contributed by atoms with Gasteiger partial charge in [-0.2, -0.15) is 0 Å². The average Bonchev–Trinajstić information content (AvgIpc) is 2.55. The first-order chi connectivity index (χ1) is 7.22. The van der Waals surface area contributed by atoms with Crippen molar-refractivity contribution >= 4 is 10.9 Å². The zero-order valence-electron chi connectivity index (χ0n) is 8.96. The minimum atomic E-state index is 0.0305. The minimum Gasteiger partial charge on any atom is -0.358 e. The fourth-order valence-electron chi connectivity index (χ4n) is 1.92. The van der Waals surface area contributed by atoms with Gasteiger partial charge in [-0.05, 0) is 25.0 Å². The van der Waals surface area contributed by atoms with Crippen molar-refractivity contribution in [3.8, 4) is 0 Å². The maximum absolute atomic E-state index is 5.89. The van der Waals surface area contributed by atoms with E-state index in [1.165, 1.54) is 22.2 Å². The lowest BCUT2D eigenvalue weighted by Crippen LogP contribution is -2.19. The highest BCUT2D eigenvalue weighted by Gasteiger charge is 2.09. The smallest absolute Gasteiger partial charge is 0.0458 e. The molecule has 0 radical (unpaired) electrons.